The van der Waals surface area contributed by atoms with E-state index in [2.05, 4.69) is 10.6 Å². The van der Waals surface area contributed by atoms with Crippen LogP contribution in [0.2, 0.25) is 0 Å². The first-order valence-electron chi connectivity index (χ1n) is 4.78. The zero-order chi connectivity index (χ0) is 10.6. The van der Waals surface area contributed by atoms with Crippen LogP contribution >= 0.6 is 0 Å². The average molecular weight is 206 g/mol. The quantitative estimate of drug-likeness (QED) is 0.292. The third-order valence-corrected chi connectivity index (χ3v) is 2.35. The molecule has 0 aliphatic carbocycles. The van der Waals surface area contributed by atoms with Gasteiger partial charge in [-0.1, -0.05) is 0 Å². The highest BCUT2D eigenvalue weighted by molar-refractivity contribution is 4.85. The summed E-state index contributed by atoms with van der Waals surface area (Å²) in [6, 6.07) is 0. The number of hydrogen-bond donors (Lipinski definition) is 6. The van der Waals surface area contributed by atoms with Crippen molar-refractivity contribution in [2.75, 3.05) is 19.7 Å². The number of aliphatic hydroxyl groups is 4. The zero-order valence-corrected chi connectivity index (χ0v) is 7.93. The number of aliphatic hydroxyl groups excluding tert-OH is 4. The molecular weight excluding hydrogens is 188 g/mol. The second kappa shape index (κ2) is 5.59. The van der Waals surface area contributed by atoms with Crippen LogP contribution in [0.25, 0.3) is 0 Å². The lowest BCUT2D eigenvalue weighted by Gasteiger charge is -2.33. The monoisotopic (exact) mass is 206 g/mol. The standard InChI is InChI=1S/C8H18N2O4/c11-4-5(12)6(13)7(14)8-9-2-1-3-10-8/h5-14H,1-4H2/t5-,6-,7+/m1/s1. The van der Waals surface area contributed by atoms with Crippen molar-refractivity contribution in [2.24, 2.45) is 0 Å². The number of nitrogens with one attached hydrogen (secondary N) is 2. The van der Waals surface area contributed by atoms with Gasteiger partial charge in [0.1, 0.15) is 18.3 Å². The summed E-state index contributed by atoms with van der Waals surface area (Å²) in [6.07, 6.45) is -3.25. The van der Waals surface area contributed by atoms with Gasteiger partial charge in [0, 0.05) is 0 Å². The lowest BCUT2D eigenvalue weighted by atomic mass is 10.0. The van der Waals surface area contributed by atoms with Gasteiger partial charge in [-0.25, -0.2) is 0 Å². The van der Waals surface area contributed by atoms with Gasteiger partial charge in [-0.2, -0.15) is 0 Å². The van der Waals surface area contributed by atoms with Crippen LogP contribution in [-0.2, 0) is 0 Å². The Morgan fingerprint density at radius 3 is 2.21 bits per heavy atom. The van der Waals surface area contributed by atoms with E-state index in [1.807, 2.05) is 0 Å². The van der Waals surface area contributed by atoms with Gasteiger partial charge in [0.25, 0.3) is 0 Å². The van der Waals surface area contributed by atoms with Crippen molar-refractivity contribution < 1.29 is 20.4 Å². The molecule has 0 saturated carbocycles. The number of rotatable bonds is 4. The Hall–Kier alpha value is -0.240. The van der Waals surface area contributed by atoms with Crippen LogP contribution in [0.4, 0.5) is 0 Å². The minimum Gasteiger partial charge on any atom is -0.394 e. The predicted octanol–water partition coefficient (Wildman–Crippen LogP) is -3.03. The van der Waals surface area contributed by atoms with E-state index in [1.54, 1.807) is 0 Å². The lowest BCUT2D eigenvalue weighted by Crippen LogP contribution is -2.60. The minimum atomic E-state index is -1.34. The van der Waals surface area contributed by atoms with Gasteiger partial charge in [0.05, 0.1) is 12.8 Å². The molecule has 0 unspecified atom stereocenters. The van der Waals surface area contributed by atoms with Crippen LogP contribution in [0.1, 0.15) is 6.42 Å². The lowest BCUT2D eigenvalue weighted by molar-refractivity contribution is -0.0920. The van der Waals surface area contributed by atoms with Gasteiger partial charge in [-0.3, -0.25) is 10.6 Å². The maximum atomic E-state index is 9.60. The van der Waals surface area contributed by atoms with Crippen molar-refractivity contribution in [3.8, 4) is 0 Å². The van der Waals surface area contributed by atoms with Crippen molar-refractivity contribution in [3.63, 3.8) is 0 Å². The fourth-order valence-electron chi connectivity index (χ4n) is 1.45. The van der Waals surface area contributed by atoms with Crippen molar-refractivity contribution >= 4 is 0 Å². The summed E-state index contributed by atoms with van der Waals surface area (Å²) >= 11 is 0. The van der Waals surface area contributed by atoms with Gasteiger partial charge in [-0.05, 0) is 19.5 Å². The fraction of sp³-hybridized carbons (Fsp3) is 1.00. The highest BCUT2D eigenvalue weighted by Gasteiger charge is 2.31. The number of hydrogen-bond acceptors (Lipinski definition) is 6. The summed E-state index contributed by atoms with van der Waals surface area (Å²) in [5.41, 5.74) is 0. The Morgan fingerprint density at radius 2 is 1.71 bits per heavy atom. The summed E-state index contributed by atoms with van der Waals surface area (Å²) in [7, 11) is 0. The van der Waals surface area contributed by atoms with Crippen molar-refractivity contribution in [3.05, 3.63) is 0 Å². The molecule has 84 valence electrons. The minimum absolute atomic E-state index is 0.431. The summed E-state index contributed by atoms with van der Waals surface area (Å²) in [4.78, 5) is 0. The Balaban J connectivity index is 2.41. The first-order valence-corrected chi connectivity index (χ1v) is 4.78. The second-order valence-electron chi connectivity index (χ2n) is 3.47. The highest BCUT2D eigenvalue weighted by atomic mass is 16.4. The van der Waals surface area contributed by atoms with Crippen LogP contribution in [0.3, 0.4) is 0 Å². The fourth-order valence-corrected chi connectivity index (χ4v) is 1.45. The Labute approximate surface area is 82.6 Å². The van der Waals surface area contributed by atoms with Crippen LogP contribution < -0.4 is 10.6 Å². The molecule has 0 amide bonds. The molecule has 1 fully saturated rings. The normalized spacial score (nSPS) is 25.7. The molecule has 0 radical (unpaired) electrons. The SMILES string of the molecule is OC[C@@H](O)[C@@H](O)[C@H](O)C1NCCCN1. The average Bonchev–Trinajstić information content (AvgIpc) is 2.27. The highest BCUT2D eigenvalue weighted by Crippen LogP contribution is 2.05. The van der Waals surface area contributed by atoms with E-state index in [9.17, 15) is 10.2 Å². The maximum Gasteiger partial charge on any atom is 0.111 e. The van der Waals surface area contributed by atoms with Gasteiger partial charge in [0.2, 0.25) is 0 Å². The molecule has 6 N–H and O–H groups in total. The third kappa shape index (κ3) is 2.88. The van der Waals surface area contributed by atoms with E-state index in [0.717, 1.165) is 19.5 Å². The van der Waals surface area contributed by atoms with Crippen LogP contribution in [0, 0.1) is 0 Å². The van der Waals surface area contributed by atoms with E-state index in [1.165, 1.54) is 0 Å². The molecule has 0 aromatic carbocycles. The molecular formula is C8H18N2O4. The van der Waals surface area contributed by atoms with Gasteiger partial charge >= 0.3 is 0 Å². The molecule has 1 rings (SSSR count). The molecule has 6 heteroatoms. The van der Waals surface area contributed by atoms with E-state index >= 15 is 0 Å². The van der Waals surface area contributed by atoms with Crippen molar-refractivity contribution in [1.29, 1.82) is 0 Å². The first-order chi connectivity index (χ1) is 6.66. The van der Waals surface area contributed by atoms with Crippen molar-refractivity contribution in [2.45, 2.75) is 30.9 Å². The summed E-state index contributed by atoms with van der Waals surface area (Å²) in [6.45, 7) is 0.957. The summed E-state index contributed by atoms with van der Waals surface area (Å²) in [5, 5.41) is 42.6. The first kappa shape index (κ1) is 11.8. The van der Waals surface area contributed by atoms with Gasteiger partial charge in [0.15, 0.2) is 0 Å². The summed E-state index contributed by atoms with van der Waals surface area (Å²) in [5.74, 6) is 0. The smallest absolute Gasteiger partial charge is 0.111 e. The second-order valence-corrected chi connectivity index (χ2v) is 3.47. The van der Waals surface area contributed by atoms with Crippen molar-refractivity contribution in [1.82, 2.24) is 10.6 Å². The molecule has 3 atom stereocenters. The molecule has 1 aliphatic heterocycles. The molecule has 0 bridgehead atoms. The molecule has 6 nitrogen and oxygen atoms in total. The van der Waals surface area contributed by atoms with E-state index in [-0.39, 0.29) is 0 Å². The Kier molecular flexibility index (Phi) is 4.73. The van der Waals surface area contributed by atoms with E-state index in [4.69, 9.17) is 10.2 Å². The van der Waals surface area contributed by atoms with Gasteiger partial charge < -0.3 is 20.4 Å². The molecule has 0 aromatic rings. The zero-order valence-electron chi connectivity index (χ0n) is 7.93. The Bertz CT molecular complexity index is 161. The Morgan fingerprint density at radius 1 is 1.14 bits per heavy atom. The van der Waals surface area contributed by atoms with E-state index < -0.39 is 31.1 Å². The topological polar surface area (TPSA) is 105 Å². The molecule has 1 saturated heterocycles. The van der Waals surface area contributed by atoms with E-state index in [0.29, 0.717) is 0 Å². The predicted molar refractivity (Wildman–Crippen MR) is 49.5 cm³/mol. The summed E-state index contributed by atoms with van der Waals surface area (Å²) < 4.78 is 0. The van der Waals surface area contributed by atoms with Crippen LogP contribution in [0.15, 0.2) is 0 Å². The van der Waals surface area contributed by atoms with Crippen LogP contribution in [-0.4, -0.2) is 64.6 Å². The van der Waals surface area contributed by atoms with Crippen LogP contribution in [0.5, 0.6) is 0 Å². The third-order valence-electron chi connectivity index (χ3n) is 2.35. The molecule has 0 aromatic heterocycles. The molecule has 14 heavy (non-hydrogen) atoms. The molecule has 0 spiro atoms. The maximum absolute atomic E-state index is 9.60. The molecule has 1 aliphatic rings. The largest absolute Gasteiger partial charge is 0.394 e. The van der Waals surface area contributed by atoms with Gasteiger partial charge in [-0.15, -0.1) is 0 Å². The molecule has 1 heterocycles.